The first-order valence-corrected chi connectivity index (χ1v) is 4.57. The molecule has 0 aliphatic carbocycles. The average molecular weight is 271 g/mol. The molecule has 0 atom stereocenters. The van der Waals surface area contributed by atoms with E-state index in [-0.39, 0.29) is 0 Å². The van der Waals surface area contributed by atoms with E-state index in [0.717, 1.165) is 12.1 Å². The zero-order valence-corrected chi connectivity index (χ0v) is 8.94. The fraction of sp³-hybridized carbons (Fsp3) is 0.182. The molecule has 0 fully saturated rings. The number of halogens is 5. The van der Waals surface area contributed by atoms with Gasteiger partial charge in [-0.05, 0) is 0 Å². The summed E-state index contributed by atoms with van der Waals surface area (Å²) >= 11 is 0. The third kappa shape index (κ3) is 2.31. The van der Waals surface area contributed by atoms with Gasteiger partial charge < -0.3 is 0 Å². The van der Waals surface area contributed by atoms with Gasteiger partial charge in [0.05, 0.1) is 23.6 Å². The van der Waals surface area contributed by atoms with Gasteiger partial charge in [-0.25, -0.2) is 8.78 Å². The minimum absolute atomic E-state index is 1.02. The fourth-order valence-electron chi connectivity index (χ4n) is 1.51. The summed E-state index contributed by atoms with van der Waals surface area (Å²) < 4.78 is 65.2. The molecule has 0 unspecified atom stereocenters. The first-order chi connectivity index (χ1) is 8.79. The summed E-state index contributed by atoms with van der Waals surface area (Å²) in [4.78, 5) is 0. The second kappa shape index (κ2) is 4.91. The predicted octanol–water partition coefficient (Wildman–Crippen LogP) is 2.79. The quantitative estimate of drug-likeness (QED) is 0.737. The molecule has 0 radical (unpaired) electrons. The second-order valence-corrected chi connectivity index (χ2v) is 3.29. The largest absolute Gasteiger partial charge is 0.418 e. The third-order valence-electron chi connectivity index (χ3n) is 2.24. The number of nitriles is 3. The highest BCUT2D eigenvalue weighted by atomic mass is 19.4. The van der Waals surface area contributed by atoms with Crippen LogP contribution in [0.5, 0.6) is 0 Å². The van der Waals surface area contributed by atoms with Crippen molar-refractivity contribution in [3.63, 3.8) is 0 Å². The highest BCUT2D eigenvalue weighted by Crippen LogP contribution is 2.38. The lowest BCUT2D eigenvalue weighted by Gasteiger charge is -2.15. The molecule has 0 bridgehead atoms. The Morgan fingerprint density at radius 3 is 1.79 bits per heavy atom. The smallest absolute Gasteiger partial charge is 0.203 e. The highest BCUT2D eigenvalue weighted by molar-refractivity contribution is 5.56. The molecule has 1 rings (SSSR count). The standard InChI is InChI=1S/C11H2F5N3/c12-9-5(1-2-17)8(11(14,15)16)6(3-18)7(4-19)10(9)13/h1H2. The van der Waals surface area contributed by atoms with Crippen LogP contribution in [0.1, 0.15) is 22.3 Å². The molecular formula is C11H2F5N3. The molecule has 0 saturated carbocycles. The molecule has 1 aromatic carbocycles. The molecule has 0 aliphatic rings. The van der Waals surface area contributed by atoms with Gasteiger partial charge in [0.1, 0.15) is 17.7 Å². The van der Waals surface area contributed by atoms with Crippen LogP contribution in [0.15, 0.2) is 0 Å². The van der Waals surface area contributed by atoms with E-state index < -0.39 is 46.5 Å². The van der Waals surface area contributed by atoms with Crippen LogP contribution in [0, 0.1) is 45.6 Å². The third-order valence-corrected chi connectivity index (χ3v) is 2.24. The first kappa shape index (κ1) is 14.4. The molecule has 0 spiro atoms. The maximum atomic E-state index is 13.5. The number of nitrogens with zero attached hydrogens (tertiary/aromatic N) is 3. The van der Waals surface area contributed by atoms with E-state index in [9.17, 15) is 22.0 Å². The Morgan fingerprint density at radius 1 is 0.895 bits per heavy atom. The van der Waals surface area contributed by atoms with E-state index in [4.69, 9.17) is 15.8 Å². The van der Waals surface area contributed by atoms with Crippen LogP contribution >= 0.6 is 0 Å². The molecule has 1 aromatic rings. The van der Waals surface area contributed by atoms with Gasteiger partial charge in [0.15, 0.2) is 11.6 Å². The number of benzene rings is 1. The topological polar surface area (TPSA) is 71.4 Å². The minimum atomic E-state index is -5.18. The van der Waals surface area contributed by atoms with E-state index in [1.165, 1.54) is 6.07 Å². The highest BCUT2D eigenvalue weighted by Gasteiger charge is 2.40. The Morgan fingerprint density at radius 2 is 1.42 bits per heavy atom. The minimum Gasteiger partial charge on any atom is -0.203 e. The van der Waals surface area contributed by atoms with Crippen LogP contribution in [-0.4, -0.2) is 0 Å². The van der Waals surface area contributed by atoms with E-state index in [1.54, 1.807) is 0 Å². The second-order valence-electron chi connectivity index (χ2n) is 3.29. The van der Waals surface area contributed by atoms with Gasteiger partial charge in [-0.1, -0.05) is 0 Å². The van der Waals surface area contributed by atoms with Crippen LogP contribution < -0.4 is 0 Å². The zero-order valence-electron chi connectivity index (χ0n) is 8.94. The SMILES string of the molecule is N#CCc1c(F)c(F)c(C#N)c(C#N)c1C(F)(F)F. The lowest BCUT2D eigenvalue weighted by Crippen LogP contribution is -2.17. The fourth-order valence-corrected chi connectivity index (χ4v) is 1.51. The van der Waals surface area contributed by atoms with Crippen molar-refractivity contribution in [1.82, 2.24) is 0 Å². The van der Waals surface area contributed by atoms with E-state index in [0.29, 0.717) is 0 Å². The molecule has 8 heteroatoms. The van der Waals surface area contributed by atoms with Gasteiger partial charge >= 0.3 is 6.18 Å². The van der Waals surface area contributed by atoms with Crippen molar-refractivity contribution >= 4 is 0 Å². The lowest BCUT2D eigenvalue weighted by molar-refractivity contribution is -0.138. The van der Waals surface area contributed by atoms with Crippen LogP contribution in [0.2, 0.25) is 0 Å². The number of hydrogen-bond acceptors (Lipinski definition) is 3. The van der Waals surface area contributed by atoms with Crippen molar-refractivity contribution in [2.75, 3.05) is 0 Å². The lowest BCUT2D eigenvalue weighted by atomic mass is 9.94. The van der Waals surface area contributed by atoms with Crippen LogP contribution in [0.3, 0.4) is 0 Å². The number of alkyl halides is 3. The Balaban J connectivity index is 3.97. The molecule has 19 heavy (non-hydrogen) atoms. The average Bonchev–Trinajstić information content (AvgIpc) is 2.33. The molecule has 3 nitrogen and oxygen atoms in total. The van der Waals surface area contributed by atoms with Crippen LogP contribution in [0.25, 0.3) is 0 Å². The van der Waals surface area contributed by atoms with Crippen LogP contribution in [0.4, 0.5) is 22.0 Å². The van der Waals surface area contributed by atoms with Crippen molar-refractivity contribution in [3.8, 4) is 18.2 Å². The van der Waals surface area contributed by atoms with Gasteiger partial charge in [0.25, 0.3) is 0 Å². The van der Waals surface area contributed by atoms with E-state index in [1.807, 2.05) is 0 Å². The zero-order chi connectivity index (χ0) is 14.8. The first-order valence-electron chi connectivity index (χ1n) is 4.57. The summed E-state index contributed by atoms with van der Waals surface area (Å²) in [5, 5.41) is 25.5. The van der Waals surface area contributed by atoms with Crippen molar-refractivity contribution in [2.24, 2.45) is 0 Å². The summed E-state index contributed by atoms with van der Waals surface area (Å²) in [6.45, 7) is 0. The maximum Gasteiger partial charge on any atom is 0.418 e. The Bertz CT molecular complexity index is 656. The van der Waals surface area contributed by atoms with Gasteiger partial charge in [-0.15, -0.1) is 0 Å². The molecule has 0 N–H and O–H groups in total. The van der Waals surface area contributed by atoms with Crippen molar-refractivity contribution in [2.45, 2.75) is 12.6 Å². The molecule has 0 aliphatic heterocycles. The molecular weight excluding hydrogens is 269 g/mol. The summed E-state index contributed by atoms with van der Waals surface area (Å²) in [6, 6.07) is 3.30. The Labute approximate surface area is 103 Å². The van der Waals surface area contributed by atoms with Crippen molar-refractivity contribution in [1.29, 1.82) is 15.8 Å². The molecule has 0 heterocycles. The molecule has 0 amide bonds. The molecule has 0 saturated heterocycles. The van der Waals surface area contributed by atoms with E-state index in [2.05, 4.69) is 0 Å². The van der Waals surface area contributed by atoms with Gasteiger partial charge in [0, 0.05) is 5.56 Å². The predicted molar refractivity (Wildman–Crippen MR) is 50.1 cm³/mol. The van der Waals surface area contributed by atoms with E-state index >= 15 is 0 Å². The summed E-state index contributed by atoms with van der Waals surface area (Å²) in [5.74, 6) is -3.80. The Kier molecular flexibility index (Phi) is 3.72. The van der Waals surface area contributed by atoms with Crippen LogP contribution in [-0.2, 0) is 12.6 Å². The number of rotatable bonds is 1. The van der Waals surface area contributed by atoms with Crippen molar-refractivity contribution in [3.05, 3.63) is 33.9 Å². The summed E-state index contributed by atoms with van der Waals surface area (Å²) in [5.41, 5.74) is -5.71. The van der Waals surface area contributed by atoms with Gasteiger partial charge in [0.2, 0.25) is 0 Å². The van der Waals surface area contributed by atoms with Gasteiger partial charge in [-0.3, -0.25) is 0 Å². The normalized spacial score (nSPS) is 10.4. The van der Waals surface area contributed by atoms with Gasteiger partial charge in [-0.2, -0.15) is 29.0 Å². The summed E-state index contributed by atoms with van der Waals surface area (Å²) in [6.07, 6.45) is -6.25. The maximum absolute atomic E-state index is 13.5. The Hall–Kier alpha value is -2.66. The molecule has 0 aromatic heterocycles. The summed E-state index contributed by atoms with van der Waals surface area (Å²) in [7, 11) is 0. The van der Waals surface area contributed by atoms with Crippen molar-refractivity contribution < 1.29 is 22.0 Å². The molecule has 96 valence electrons. The monoisotopic (exact) mass is 271 g/mol. The number of hydrogen-bond donors (Lipinski definition) is 0.